The number of aromatic nitrogens is 3. The molecule has 1 amide bonds. The number of nitrogens with zero attached hydrogens (tertiary/aromatic N) is 3. The number of imidazole rings is 1. The van der Waals surface area contributed by atoms with Crippen LogP contribution in [0.2, 0.25) is 0 Å². The van der Waals surface area contributed by atoms with Gasteiger partial charge in [0.1, 0.15) is 17.4 Å². The van der Waals surface area contributed by atoms with E-state index in [1.165, 1.54) is 0 Å². The number of nitrogens with one attached hydrogen (secondary N) is 1. The number of amides is 1. The zero-order chi connectivity index (χ0) is 20.9. The number of halogens is 3. The molecule has 4 aromatic rings. The van der Waals surface area contributed by atoms with Crippen molar-refractivity contribution in [1.29, 1.82) is 0 Å². The van der Waals surface area contributed by atoms with E-state index in [-0.39, 0.29) is 18.9 Å². The summed E-state index contributed by atoms with van der Waals surface area (Å²) in [7, 11) is 0. The van der Waals surface area contributed by atoms with Crippen LogP contribution in [0.3, 0.4) is 0 Å². The summed E-state index contributed by atoms with van der Waals surface area (Å²) in [4.78, 5) is 15.3. The monoisotopic (exact) mass is 416 g/mol. The molecular weight excluding hydrogens is 401 g/mol. The number of rotatable bonds is 4. The Balaban J connectivity index is 1.31. The molecule has 1 N–H and O–H groups in total. The molecule has 0 bridgehead atoms. The predicted octanol–water partition coefficient (Wildman–Crippen LogP) is 3.73. The highest BCUT2D eigenvalue weighted by Gasteiger charge is 2.42. The molecular formula is C20H15F3N4O3. The Hall–Kier alpha value is -3.56. The molecule has 5 rings (SSSR count). The zero-order valence-corrected chi connectivity index (χ0v) is 15.4. The Labute approximate surface area is 167 Å². The van der Waals surface area contributed by atoms with Gasteiger partial charge in [-0.2, -0.15) is 13.2 Å². The molecule has 1 saturated carbocycles. The van der Waals surface area contributed by atoms with Gasteiger partial charge >= 0.3 is 12.1 Å². The number of hydrogen-bond acceptors (Lipinski definition) is 5. The van der Waals surface area contributed by atoms with E-state index >= 15 is 0 Å². The van der Waals surface area contributed by atoms with Crippen LogP contribution in [0.1, 0.15) is 12.8 Å². The lowest BCUT2D eigenvalue weighted by Crippen LogP contribution is -2.52. The van der Waals surface area contributed by atoms with Crippen molar-refractivity contribution in [3.05, 3.63) is 48.7 Å². The molecule has 154 valence electrons. The molecule has 0 radical (unpaired) electrons. The first-order chi connectivity index (χ1) is 14.4. The Morgan fingerprint density at radius 1 is 1.20 bits per heavy atom. The van der Waals surface area contributed by atoms with Gasteiger partial charge in [0, 0.05) is 30.3 Å². The van der Waals surface area contributed by atoms with Gasteiger partial charge in [0.05, 0.1) is 6.20 Å². The maximum atomic E-state index is 12.3. The molecule has 0 spiro atoms. The van der Waals surface area contributed by atoms with Gasteiger partial charge in [0.2, 0.25) is 5.88 Å². The Bertz CT molecular complexity index is 1210. The van der Waals surface area contributed by atoms with Crippen LogP contribution in [0.5, 0.6) is 5.88 Å². The molecule has 1 aliphatic carbocycles. The molecule has 0 unspecified atom stereocenters. The number of fused-ring (bicyclic) bond motifs is 2. The van der Waals surface area contributed by atoms with Crippen LogP contribution in [0.15, 0.2) is 53.1 Å². The van der Waals surface area contributed by atoms with Crippen LogP contribution in [0.4, 0.5) is 13.2 Å². The standard InChI is InChI=1S/C20H15F3N4O3/c21-20(22,23)19(28)25-12-8-13(9-12)29-18-6-5-17-24-10-14(27(17)26-18)16-7-11-3-1-2-4-15(11)30-16/h1-7,10,12-13H,8-9H2,(H,25,28)/t12-,13-. The minimum absolute atomic E-state index is 0.280. The van der Waals surface area contributed by atoms with Crippen LogP contribution >= 0.6 is 0 Å². The number of furan rings is 1. The number of carbonyl (C=O) groups excluding carboxylic acids is 1. The lowest BCUT2D eigenvalue weighted by Gasteiger charge is -2.35. The van der Waals surface area contributed by atoms with Crippen LogP contribution in [-0.2, 0) is 4.79 Å². The molecule has 3 aromatic heterocycles. The molecule has 0 aliphatic heterocycles. The number of alkyl halides is 3. The minimum atomic E-state index is -4.88. The van der Waals surface area contributed by atoms with Gasteiger partial charge in [-0.25, -0.2) is 9.50 Å². The van der Waals surface area contributed by atoms with Gasteiger partial charge < -0.3 is 14.5 Å². The highest BCUT2D eigenvalue weighted by atomic mass is 19.4. The molecule has 30 heavy (non-hydrogen) atoms. The third-order valence-corrected chi connectivity index (χ3v) is 4.99. The van der Waals surface area contributed by atoms with E-state index in [1.54, 1.807) is 22.8 Å². The van der Waals surface area contributed by atoms with E-state index in [2.05, 4.69) is 10.1 Å². The number of para-hydroxylation sites is 1. The van der Waals surface area contributed by atoms with Gasteiger partial charge in [-0.3, -0.25) is 4.79 Å². The second-order valence-corrected chi connectivity index (χ2v) is 7.11. The third-order valence-electron chi connectivity index (χ3n) is 4.99. The third kappa shape index (κ3) is 3.34. The normalized spacial score (nSPS) is 19.0. The molecule has 1 aromatic carbocycles. The summed E-state index contributed by atoms with van der Waals surface area (Å²) in [6.45, 7) is 0. The van der Waals surface area contributed by atoms with Crippen molar-refractivity contribution in [1.82, 2.24) is 19.9 Å². The van der Waals surface area contributed by atoms with Gasteiger partial charge in [0.15, 0.2) is 11.4 Å². The van der Waals surface area contributed by atoms with Gasteiger partial charge in [-0.05, 0) is 18.2 Å². The quantitative estimate of drug-likeness (QED) is 0.548. The number of carbonyl (C=O) groups is 1. The summed E-state index contributed by atoms with van der Waals surface area (Å²) in [5.41, 5.74) is 1.99. The highest BCUT2D eigenvalue weighted by Crippen LogP contribution is 2.30. The summed E-state index contributed by atoms with van der Waals surface area (Å²) in [5, 5.41) is 7.34. The van der Waals surface area contributed by atoms with Crippen molar-refractivity contribution in [2.75, 3.05) is 0 Å². The minimum Gasteiger partial charge on any atom is -0.473 e. The lowest BCUT2D eigenvalue weighted by atomic mass is 9.89. The highest BCUT2D eigenvalue weighted by molar-refractivity contribution is 5.82. The molecule has 1 aliphatic rings. The van der Waals surface area contributed by atoms with E-state index in [1.807, 2.05) is 35.6 Å². The molecule has 7 nitrogen and oxygen atoms in total. The van der Waals surface area contributed by atoms with Crippen molar-refractivity contribution >= 4 is 22.5 Å². The Morgan fingerprint density at radius 2 is 2.00 bits per heavy atom. The zero-order valence-electron chi connectivity index (χ0n) is 15.4. The number of ether oxygens (including phenoxy) is 1. The fourth-order valence-corrected chi connectivity index (χ4v) is 3.41. The van der Waals surface area contributed by atoms with Crippen LogP contribution in [-0.4, -0.2) is 38.8 Å². The van der Waals surface area contributed by atoms with Crippen molar-refractivity contribution in [3.8, 4) is 17.3 Å². The smallest absolute Gasteiger partial charge is 0.471 e. The van der Waals surface area contributed by atoms with E-state index in [4.69, 9.17) is 9.15 Å². The lowest BCUT2D eigenvalue weighted by molar-refractivity contribution is -0.175. The van der Waals surface area contributed by atoms with Crippen molar-refractivity contribution in [2.24, 2.45) is 0 Å². The Kier molecular flexibility index (Phi) is 4.16. The van der Waals surface area contributed by atoms with Gasteiger partial charge in [0.25, 0.3) is 0 Å². The van der Waals surface area contributed by atoms with E-state index in [9.17, 15) is 18.0 Å². The summed E-state index contributed by atoms with van der Waals surface area (Å²) in [6, 6.07) is 12.3. The topological polar surface area (TPSA) is 81.7 Å². The van der Waals surface area contributed by atoms with Crippen LogP contribution in [0, 0.1) is 0 Å². The maximum Gasteiger partial charge on any atom is 0.471 e. The average molecular weight is 416 g/mol. The summed E-state index contributed by atoms with van der Waals surface area (Å²) in [6.07, 6.45) is -3.00. The number of benzene rings is 1. The van der Waals surface area contributed by atoms with Gasteiger partial charge in [-0.15, -0.1) is 5.10 Å². The summed E-state index contributed by atoms with van der Waals surface area (Å²) < 4.78 is 50.1. The second kappa shape index (κ2) is 6.75. The first kappa shape index (κ1) is 18.5. The second-order valence-electron chi connectivity index (χ2n) is 7.11. The molecule has 1 fully saturated rings. The van der Waals surface area contributed by atoms with Crippen molar-refractivity contribution < 1.29 is 27.1 Å². The predicted molar refractivity (Wildman–Crippen MR) is 99.8 cm³/mol. The first-order valence-corrected chi connectivity index (χ1v) is 9.25. The molecule has 0 atom stereocenters. The SMILES string of the molecule is O=C(N[C@H]1C[C@H](Oc2ccc3ncc(-c4cc5ccccc5o4)n3n2)C1)C(F)(F)F. The first-order valence-electron chi connectivity index (χ1n) is 9.25. The van der Waals surface area contributed by atoms with Gasteiger partial charge in [-0.1, -0.05) is 18.2 Å². The maximum absolute atomic E-state index is 12.3. The number of hydrogen-bond donors (Lipinski definition) is 1. The van der Waals surface area contributed by atoms with Crippen molar-refractivity contribution in [3.63, 3.8) is 0 Å². The fraction of sp³-hybridized carbons (Fsp3) is 0.250. The van der Waals surface area contributed by atoms with E-state index in [0.29, 0.717) is 23.0 Å². The summed E-state index contributed by atoms with van der Waals surface area (Å²) >= 11 is 0. The molecule has 0 saturated heterocycles. The fourth-order valence-electron chi connectivity index (χ4n) is 3.41. The van der Waals surface area contributed by atoms with Crippen LogP contribution in [0.25, 0.3) is 28.1 Å². The molecule has 10 heteroatoms. The summed E-state index contributed by atoms with van der Waals surface area (Å²) in [5.74, 6) is -1.02. The van der Waals surface area contributed by atoms with Crippen LogP contribution < -0.4 is 10.1 Å². The van der Waals surface area contributed by atoms with E-state index < -0.39 is 18.1 Å². The van der Waals surface area contributed by atoms with E-state index in [0.717, 1.165) is 11.0 Å². The average Bonchev–Trinajstić information content (AvgIpc) is 3.28. The largest absolute Gasteiger partial charge is 0.473 e. The Morgan fingerprint density at radius 3 is 2.77 bits per heavy atom. The molecule has 3 heterocycles. The van der Waals surface area contributed by atoms with Crippen molar-refractivity contribution in [2.45, 2.75) is 31.2 Å².